The van der Waals surface area contributed by atoms with Crippen molar-refractivity contribution in [1.82, 2.24) is 4.90 Å². The summed E-state index contributed by atoms with van der Waals surface area (Å²) in [5.74, 6) is -1.04. The molecular formula is C20H19FN2O2. The van der Waals surface area contributed by atoms with Crippen molar-refractivity contribution in [2.24, 2.45) is 0 Å². The maximum absolute atomic E-state index is 13.3. The predicted molar refractivity (Wildman–Crippen MR) is 95.2 cm³/mol. The van der Waals surface area contributed by atoms with Crippen molar-refractivity contribution >= 4 is 23.1 Å². The van der Waals surface area contributed by atoms with Crippen LogP contribution in [0, 0.1) is 5.82 Å². The molecule has 0 saturated carbocycles. The lowest BCUT2D eigenvalue weighted by Crippen LogP contribution is -2.34. The lowest BCUT2D eigenvalue weighted by atomic mass is 10.0. The number of para-hydroxylation sites is 1. The minimum atomic E-state index is -0.385. The van der Waals surface area contributed by atoms with Crippen LogP contribution in [0.15, 0.2) is 60.3 Å². The average molecular weight is 338 g/mol. The molecule has 128 valence electrons. The molecule has 1 aliphatic rings. The van der Waals surface area contributed by atoms with E-state index >= 15 is 0 Å². The Morgan fingerprint density at radius 1 is 0.960 bits per heavy atom. The van der Waals surface area contributed by atoms with Crippen LogP contribution in [0.4, 0.5) is 10.1 Å². The van der Waals surface area contributed by atoms with Gasteiger partial charge in [0.1, 0.15) is 11.5 Å². The van der Waals surface area contributed by atoms with E-state index in [4.69, 9.17) is 0 Å². The van der Waals surface area contributed by atoms with E-state index in [0.717, 1.165) is 5.69 Å². The first-order chi connectivity index (χ1) is 12.0. The average Bonchev–Trinajstić information content (AvgIpc) is 2.87. The van der Waals surface area contributed by atoms with Gasteiger partial charge in [-0.15, -0.1) is 0 Å². The first kappa shape index (κ1) is 16.9. The third-order valence-corrected chi connectivity index (χ3v) is 4.20. The number of likely N-dealkylation sites (N-methyl/N-ethyl adjacent to an activating group) is 1. The number of hydrogen-bond acceptors (Lipinski definition) is 3. The second-order valence-electron chi connectivity index (χ2n) is 5.89. The van der Waals surface area contributed by atoms with Gasteiger partial charge in [0.2, 0.25) is 0 Å². The van der Waals surface area contributed by atoms with Crippen molar-refractivity contribution in [2.45, 2.75) is 13.3 Å². The van der Waals surface area contributed by atoms with Crippen molar-refractivity contribution < 1.29 is 14.0 Å². The number of nitrogens with zero attached hydrogens (tertiary/aromatic N) is 2. The molecule has 0 atom stereocenters. The Labute approximate surface area is 146 Å². The number of rotatable bonds is 5. The first-order valence-corrected chi connectivity index (χ1v) is 8.19. The van der Waals surface area contributed by atoms with Crippen LogP contribution < -0.4 is 4.90 Å². The van der Waals surface area contributed by atoms with Gasteiger partial charge in [-0.1, -0.05) is 37.3 Å². The summed E-state index contributed by atoms with van der Waals surface area (Å²) in [7, 11) is 1.76. The molecule has 1 aliphatic heterocycles. The highest BCUT2D eigenvalue weighted by molar-refractivity contribution is 6.36. The van der Waals surface area contributed by atoms with Gasteiger partial charge in [0, 0.05) is 19.3 Å². The van der Waals surface area contributed by atoms with Crippen LogP contribution in [0.1, 0.15) is 18.9 Å². The van der Waals surface area contributed by atoms with Gasteiger partial charge in [-0.25, -0.2) is 4.39 Å². The van der Waals surface area contributed by atoms with Gasteiger partial charge in [0.15, 0.2) is 0 Å². The summed E-state index contributed by atoms with van der Waals surface area (Å²) in [4.78, 5) is 28.7. The summed E-state index contributed by atoms with van der Waals surface area (Å²) in [6.07, 6.45) is 0.677. The van der Waals surface area contributed by atoms with Crippen molar-refractivity contribution in [2.75, 3.05) is 18.5 Å². The van der Waals surface area contributed by atoms with Gasteiger partial charge in [-0.2, -0.15) is 0 Å². The molecule has 2 aromatic carbocycles. The zero-order valence-corrected chi connectivity index (χ0v) is 14.2. The molecule has 0 unspecified atom stereocenters. The van der Waals surface area contributed by atoms with E-state index in [2.05, 4.69) is 0 Å². The number of halogens is 1. The molecule has 1 heterocycles. The van der Waals surface area contributed by atoms with E-state index in [1.54, 1.807) is 11.9 Å². The zero-order chi connectivity index (χ0) is 18.0. The van der Waals surface area contributed by atoms with Gasteiger partial charge in [0.05, 0.1) is 5.57 Å². The number of amides is 2. The number of anilines is 1. The Morgan fingerprint density at radius 3 is 2.20 bits per heavy atom. The molecule has 0 N–H and O–H groups in total. The molecule has 0 spiro atoms. The van der Waals surface area contributed by atoms with Crippen LogP contribution in [-0.4, -0.2) is 30.3 Å². The minimum Gasteiger partial charge on any atom is -0.339 e. The summed E-state index contributed by atoms with van der Waals surface area (Å²) in [6.45, 7) is 2.27. The molecule has 3 rings (SSSR count). The van der Waals surface area contributed by atoms with Gasteiger partial charge in [-0.05, 0) is 36.2 Å². The predicted octanol–water partition coefficient (Wildman–Crippen LogP) is 3.45. The fraction of sp³-hybridized carbons (Fsp3) is 0.200. The topological polar surface area (TPSA) is 40.6 Å². The molecule has 25 heavy (non-hydrogen) atoms. The number of hydrogen-bond donors (Lipinski definition) is 0. The fourth-order valence-corrected chi connectivity index (χ4v) is 2.96. The van der Waals surface area contributed by atoms with E-state index in [-0.39, 0.29) is 17.6 Å². The van der Waals surface area contributed by atoms with E-state index < -0.39 is 0 Å². The standard InChI is InChI=1S/C20H19FN2O2/c1-3-13-23-19(24)17(14-9-11-15(21)12-10-14)18(20(23)25)22(2)16-7-5-4-6-8-16/h4-12H,3,13H2,1-2H3. The Balaban J connectivity index is 2.14. The highest BCUT2D eigenvalue weighted by atomic mass is 19.1. The van der Waals surface area contributed by atoms with Gasteiger partial charge >= 0.3 is 0 Å². The molecule has 2 aromatic rings. The zero-order valence-electron chi connectivity index (χ0n) is 14.2. The lowest BCUT2D eigenvalue weighted by molar-refractivity contribution is -0.136. The fourth-order valence-electron chi connectivity index (χ4n) is 2.96. The molecule has 0 radical (unpaired) electrons. The Bertz CT molecular complexity index is 829. The number of benzene rings is 2. The first-order valence-electron chi connectivity index (χ1n) is 8.19. The van der Waals surface area contributed by atoms with E-state index in [0.29, 0.717) is 29.8 Å². The molecule has 0 aliphatic carbocycles. The normalized spacial score (nSPS) is 14.4. The quantitative estimate of drug-likeness (QED) is 0.784. The molecule has 0 fully saturated rings. The summed E-state index contributed by atoms with van der Waals surface area (Å²) in [5, 5.41) is 0. The van der Waals surface area contributed by atoms with Crippen molar-refractivity contribution in [3.05, 3.63) is 71.7 Å². The maximum Gasteiger partial charge on any atom is 0.278 e. The molecular weight excluding hydrogens is 319 g/mol. The second-order valence-corrected chi connectivity index (χ2v) is 5.89. The van der Waals surface area contributed by atoms with Gasteiger partial charge in [-0.3, -0.25) is 14.5 Å². The Kier molecular flexibility index (Phi) is 4.65. The SMILES string of the molecule is CCCN1C(=O)C(c2ccc(F)cc2)=C(N(C)c2ccccc2)C1=O. The highest BCUT2D eigenvalue weighted by Gasteiger charge is 2.40. The molecule has 4 nitrogen and oxygen atoms in total. The lowest BCUT2D eigenvalue weighted by Gasteiger charge is -2.21. The summed E-state index contributed by atoms with van der Waals surface area (Å²) < 4.78 is 13.3. The summed E-state index contributed by atoms with van der Waals surface area (Å²) >= 11 is 0. The van der Waals surface area contributed by atoms with E-state index in [1.165, 1.54) is 29.2 Å². The number of carbonyl (C=O) groups is 2. The summed E-state index contributed by atoms with van der Waals surface area (Å²) in [6, 6.07) is 15.0. The highest BCUT2D eigenvalue weighted by Crippen LogP contribution is 2.33. The van der Waals surface area contributed by atoms with Crippen LogP contribution >= 0.6 is 0 Å². The molecule has 0 aromatic heterocycles. The third kappa shape index (κ3) is 3.05. The van der Waals surface area contributed by atoms with E-state index in [9.17, 15) is 14.0 Å². The Morgan fingerprint density at radius 2 is 1.60 bits per heavy atom. The van der Waals surface area contributed by atoms with E-state index in [1.807, 2.05) is 37.3 Å². The van der Waals surface area contributed by atoms with Crippen LogP contribution in [0.2, 0.25) is 0 Å². The maximum atomic E-state index is 13.3. The summed E-state index contributed by atoms with van der Waals surface area (Å²) in [5.41, 5.74) is 1.97. The third-order valence-electron chi connectivity index (χ3n) is 4.20. The smallest absolute Gasteiger partial charge is 0.278 e. The van der Waals surface area contributed by atoms with Gasteiger partial charge < -0.3 is 4.90 Å². The second kappa shape index (κ2) is 6.89. The largest absolute Gasteiger partial charge is 0.339 e. The molecule has 2 amide bonds. The molecule has 0 bridgehead atoms. The van der Waals surface area contributed by atoms with Crippen molar-refractivity contribution in [1.29, 1.82) is 0 Å². The Hall–Kier alpha value is -2.95. The molecule has 5 heteroatoms. The van der Waals surface area contributed by atoms with Gasteiger partial charge in [0.25, 0.3) is 11.8 Å². The van der Waals surface area contributed by atoms with Crippen LogP contribution in [0.5, 0.6) is 0 Å². The number of imide groups is 1. The van der Waals surface area contributed by atoms with Crippen molar-refractivity contribution in [3.63, 3.8) is 0 Å². The monoisotopic (exact) mass is 338 g/mol. The minimum absolute atomic E-state index is 0.310. The number of carbonyl (C=O) groups excluding carboxylic acids is 2. The van der Waals surface area contributed by atoms with Crippen LogP contribution in [0.3, 0.4) is 0 Å². The molecule has 0 saturated heterocycles. The van der Waals surface area contributed by atoms with Crippen molar-refractivity contribution in [3.8, 4) is 0 Å². The van der Waals surface area contributed by atoms with Crippen LogP contribution in [0.25, 0.3) is 5.57 Å². The van der Waals surface area contributed by atoms with Crippen LogP contribution in [-0.2, 0) is 9.59 Å².